The highest BCUT2D eigenvalue weighted by atomic mass is 32.2. The van der Waals surface area contributed by atoms with Crippen LogP contribution in [-0.2, 0) is 10.0 Å². The van der Waals surface area contributed by atoms with Crippen molar-refractivity contribution in [2.24, 2.45) is 0 Å². The summed E-state index contributed by atoms with van der Waals surface area (Å²) in [6, 6.07) is 7.99. The number of sulfonamides is 1. The SMILES string of the molecule is C#Cc1ccc(C2CCN(S(C)(=O)=O)CC2)cc1. The Morgan fingerprint density at radius 3 is 2.22 bits per heavy atom. The van der Waals surface area contributed by atoms with E-state index in [1.54, 1.807) is 4.31 Å². The third-order valence-corrected chi connectivity index (χ3v) is 4.77. The molecule has 0 saturated carbocycles. The third kappa shape index (κ3) is 2.92. The molecule has 1 aliphatic rings. The number of terminal acetylenes is 1. The molecule has 96 valence electrons. The Bertz CT molecular complexity index is 546. The van der Waals surface area contributed by atoms with Crippen LogP contribution in [0.4, 0.5) is 0 Å². The van der Waals surface area contributed by atoms with Gasteiger partial charge in [0.1, 0.15) is 0 Å². The molecule has 2 rings (SSSR count). The summed E-state index contributed by atoms with van der Waals surface area (Å²) in [4.78, 5) is 0. The number of hydrogen-bond acceptors (Lipinski definition) is 2. The minimum absolute atomic E-state index is 0.440. The van der Waals surface area contributed by atoms with Crippen molar-refractivity contribution in [1.29, 1.82) is 0 Å². The van der Waals surface area contributed by atoms with Crippen molar-refractivity contribution in [3.05, 3.63) is 35.4 Å². The van der Waals surface area contributed by atoms with Crippen molar-refractivity contribution in [3.63, 3.8) is 0 Å². The lowest BCUT2D eigenvalue weighted by molar-refractivity contribution is 0.321. The third-order valence-electron chi connectivity index (χ3n) is 3.47. The fourth-order valence-electron chi connectivity index (χ4n) is 2.37. The van der Waals surface area contributed by atoms with Crippen LogP contribution in [-0.4, -0.2) is 32.1 Å². The van der Waals surface area contributed by atoms with Gasteiger partial charge in [0.15, 0.2) is 0 Å². The number of nitrogens with zero attached hydrogens (tertiary/aromatic N) is 1. The van der Waals surface area contributed by atoms with Crippen LogP contribution in [0.5, 0.6) is 0 Å². The number of hydrogen-bond donors (Lipinski definition) is 0. The van der Waals surface area contributed by atoms with E-state index in [4.69, 9.17) is 6.42 Å². The molecule has 1 aromatic carbocycles. The molecule has 1 aromatic rings. The fourth-order valence-corrected chi connectivity index (χ4v) is 3.25. The lowest BCUT2D eigenvalue weighted by Crippen LogP contribution is -2.37. The van der Waals surface area contributed by atoms with Gasteiger partial charge in [0.25, 0.3) is 0 Å². The zero-order chi connectivity index (χ0) is 13.2. The molecule has 0 unspecified atom stereocenters. The first-order valence-electron chi connectivity index (χ1n) is 6.02. The normalized spacial score (nSPS) is 18.4. The molecule has 4 heteroatoms. The van der Waals surface area contributed by atoms with Gasteiger partial charge in [0.05, 0.1) is 6.26 Å². The Morgan fingerprint density at radius 1 is 1.22 bits per heavy atom. The second-order valence-corrected chi connectivity index (χ2v) is 6.69. The van der Waals surface area contributed by atoms with E-state index in [2.05, 4.69) is 18.1 Å². The van der Waals surface area contributed by atoms with E-state index in [0.717, 1.165) is 18.4 Å². The standard InChI is InChI=1S/C14H17NO2S/c1-3-12-4-6-13(7-5-12)14-8-10-15(11-9-14)18(2,16)17/h1,4-7,14H,8-11H2,2H3. The molecule has 0 bridgehead atoms. The Morgan fingerprint density at radius 2 is 1.78 bits per heavy atom. The van der Waals surface area contributed by atoms with E-state index in [9.17, 15) is 8.42 Å². The summed E-state index contributed by atoms with van der Waals surface area (Å²) >= 11 is 0. The van der Waals surface area contributed by atoms with Crippen LogP contribution in [0.2, 0.25) is 0 Å². The number of piperidine rings is 1. The minimum Gasteiger partial charge on any atom is -0.213 e. The molecule has 3 nitrogen and oxygen atoms in total. The first-order chi connectivity index (χ1) is 8.50. The van der Waals surface area contributed by atoms with Crippen LogP contribution >= 0.6 is 0 Å². The zero-order valence-corrected chi connectivity index (χ0v) is 11.3. The molecule has 1 heterocycles. The van der Waals surface area contributed by atoms with E-state index < -0.39 is 10.0 Å². The summed E-state index contributed by atoms with van der Waals surface area (Å²) in [7, 11) is -3.04. The lowest BCUT2D eigenvalue weighted by Gasteiger charge is -2.30. The summed E-state index contributed by atoms with van der Waals surface area (Å²) in [5, 5.41) is 0. The minimum atomic E-state index is -3.04. The predicted octanol–water partition coefficient (Wildman–Crippen LogP) is 1.81. The molecule has 1 fully saturated rings. The van der Waals surface area contributed by atoms with E-state index in [1.165, 1.54) is 11.8 Å². The molecule has 0 N–H and O–H groups in total. The molecule has 0 aliphatic carbocycles. The summed E-state index contributed by atoms with van der Waals surface area (Å²) in [6.45, 7) is 1.22. The molecule has 1 saturated heterocycles. The molecule has 1 aliphatic heterocycles. The van der Waals surface area contributed by atoms with Crippen molar-refractivity contribution in [1.82, 2.24) is 4.31 Å². The first-order valence-corrected chi connectivity index (χ1v) is 7.87. The van der Waals surface area contributed by atoms with Gasteiger partial charge in [-0.1, -0.05) is 18.1 Å². The largest absolute Gasteiger partial charge is 0.213 e. The maximum atomic E-state index is 11.4. The van der Waals surface area contributed by atoms with Gasteiger partial charge in [0.2, 0.25) is 10.0 Å². The Kier molecular flexibility index (Phi) is 3.74. The quantitative estimate of drug-likeness (QED) is 0.763. The molecule has 0 atom stereocenters. The van der Waals surface area contributed by atoms with Gasteiger partial charge in [-0.15, -0.1) is 6.42 Å². The van der Waals surface area contributed by atoms with Gasteiger partial charge < -0.3 is 0 Å². The zero-order valence-electron chi connectivity index (χ0n) is 10.5. The van der Waals surface area contributed by atoms with Crippen molar-refractivity contribution in [2.75, 3.05) is 19.3 Å². The Balaban J connectivity index is 2.03. The van der Waals surface area contributed by atoms with E-state index >= 15 is 0 Å². The Hall–Kier alpha value is -1.31. The van der Waals surface area contributed by atoms with Gasteiger partial charge in [-0.2, -0.15) is 0 Å². The second kappa shape index (κ2) is 5.13. The molecule has 0 aromatic heterocycles. The van der Waals surface area contributed by atoms with Gasteiger partial charge in [0, 0.05) is 18.7 Å². The fraction of sp³-hybridized carbons (Fsp3) is 0.429. The molecule has 18 heavy (non-hydrogen) atoms. The van der Waals surface area contributed by atoms with Crippen LogP contribution in [0.15, 0.2) is 24.3 Å². The van der Waals surface area contributed by atoms with Crippen molar-refractivity contribution < 1.29 is 8.42 Å². The van der Waals surface area contributed by atoms with E-state index in [0.29, 0.717) is 19.0 Å². The van der Waals surface area contributed by atoms with Crippen molar-refractivity contribution in [3.8, 4) is 12.3 Å². The topological polar surface area (TPSA) is 37.4 Å². The van der Waals surface area contributed by atoms with Gasteiger partial charge in [-0.05, 0) is 36.5 Å². The van der Waals surface area contributed by atoms with Crippen LogP contribution in [0.3, 0.4) is 0 Å². The number of benzene rings is 1. The maximum Gasteiger partial charge on any atom is 0.211 e. The predicted molar refractivity (Wildman–Crippen MR) is 72.8 cm³/mol. The monoisotopic (exact) mass is 263 g/mol. The second-order valence-electron chi connectivity index (χ2n) is 4.70. The van der Waals surface area contributed by atoms with Crippen LogP contribution in [0, 0.1) is 12.3 Å². The van der Waals surface area contributed by atoms with Gasteiger partial charge in [-0.3, -0.25) is 0 Å². The smallest absolute Gasteiger partial charge is 0.211 e. The Labute approximate surface area is 109 Å². The maximum absolute atomic E-state index is 11.4. The summed E-state index contributed by atoms with van der Waals surface area (Å²) in [5.74, 6) is 3.04. The van der Waals surface area contributed by atoms with Gasteiger partial charge in [-0.25, -0.2) is 12.7 Å². The van der Waals surface area contributed by atoms with E-state index in [-0.39, 0.29) is 0 Å². The molecular formula is C14H17NO2S. The summed E-state index contributed by atoms with van der Waals surface area (Å²) < 4.78 is 24.4. The van der Waals surface area contributed by atoms with Crippen LogP contribution < -0.4 is 0 Å². The van der Waals surface area contributed by atoms with Crippen LogP contribution in [0.25, 0.3) is 0 Å². The molecule has 0 amide bonds. The average Bonchev–Trinajstić information content (AvgIpc) is 2.38. The summed E-state index contributed by atoms with van der Waals surface area (Å²) in [5.41, 5.74) is 2.13. The molecular weight excluding hydrogens is 246 g/mol. The lowest BCUT2D eigenvalue weighted by atomic mass is 9.90. The molecule has 0 radical (unpaired) electrons. The molecule has 0 spiro atoms. The highest BCUT2D eigenvalue weighted by molar-refractivity contribution is 7.88. The van der Waals surface area contributed by atoms with Crippen molar-refractivity contribution >= 4 is 10.0 Å². The number of rotatable bonds is 2. The summed E-state index contributed by atoms with van der Waals surface area (Å²) in [6.07, 6.45) is 8.35. The van der Waals surface area contributed by atoms with Crippen LogP contribution in [0.1, 0.15) is 29.9 Å². The van der Waals surface area contributed by atoms with E-state index in [1.807, 2.05) is 12.1 Å². The highest BCUT2D eigenvalue weighted by Crippen LogP contribution is 2.28. The highest BCUT2D eigenvalue weighted by Gasteiger charge is 2.25. The first kappa shape index (κ1) is 13.1. The van der Waals surface area contributed by atoms with Gasteiger partial charge >= 0.3 is 0 Å². The average molecular weight is 263 g/mol. The van der Waals surface area contributed by atoms with Crippen molar-refractivity contribution in [2.45, 2.75) is 18.8 Å².